The number of amides is 1. The molecule has 1 N–H and O–H groups in total. The zero-order valence-electron chi connectivity index (χ0n) is 12.6. The normalized spacial score (nSPS) is 21.5. The van der Waals surface area contributed by atoms with Gasteiger partial charge in [-0.2, -0.15) is 0 Å². The van der Waals surface area contributed by atoms with Gasteiger partial charge in [0.25, 0.3) is 0 Å². The molecule has 1 amide bonds. The van der Waals surface area contributed by atoms with Crippen molar-refractivity contribution in [3.05, 3.63) is 42.0 Å². The molecule has 110 valence electrons. The van der Waals surface area contributed by atoms with Crippen LogP contribution in [-0.4, -0.2) is 18.6 Å². The molecule has 1 unspecified atom stereocenters. The van der Waals surface area contributed by atoms with Crippen LogP contribution in [0.25, 0.3) is 10.8 Å². The first kappa shape index (κ1) is 13.9. The summed E-state index contributed by atoms with van der Waals surface area (Å²) in [6.07, 6.45) is 3.46. The number of carbonyl (C=O) groups excluding carboxylic acids is 1. The topological polar surface area (TPSA) is 38.3 Å². The highest BCUT2D eigenvalue weighted by atomic mass is 16.5. The minimum absolute atomic E-state index is 0.0583. The first-order chi connectivity index (χ1) is 10.1. The predicted molar refractivity (Wildman–Crippen MR) is 84.6 cm³/mol. The lowest BCUT2D eigenvalue weighted by Crippen LogP contribution is -2.42. The number of ether oxygens (including phenoxy) is 1. The Kier molecular flexibility index (Phi) is 3.58. The maximum Gasteiger partial charge on any atom is 0.220 e. The molecule has 0 spiro atoms. The average molecular weight is 283 g/mol. The number of hydrogen-bond donors (Lipinski definition) is 1. The summed E-state index contributed by atoms with van der Waals surface area (Å²) in [6.45, 7) is 2.15. The first-order valence-electron chi connectivity index (χ1n) is 7.52. The molecule has 0 bridgehead atoms. The van der Waals surface area contributed by atoms with Crippen LogP contribution >= 0.6 is 0 Å². The second-order valence-electron chi connectivity index (χ2n) is 5.91. The standard InChI is InChI=1S/C18H21NO2/c1-3-18(9-8-17(20)19-18)12-13-4-5-15-11-16(21-2)7-6-14(15)10-13/h4-7,10-11H,3,8-9,12H2,1-2H3,(H,19,20). The number of benzene rings is 2. The summed E-state index contributed by atoms with van der Waals surface area (Å²) in [5.41, 5.74) is 1.22. The van der Waals surface area contributed by atoms with E-state index in [1.54, 1.807) is 7.11 Å². The van der Waals surface area contributed by atoms with Crippen LogP contribution < -0.4 is 10.1 Å². The number of nitrogens with one attached hydrogen (secondary N) is 1. The van der Waals surface area contributed by atoms with Gasteiger partial charge in [0.2, 0.25) is 5.91 Å². The molecule has 1 saturated heterocycles. The van der Waals surface area contributed by atoms with Gasteiger partial charge in [0.1, 0.15) is 5.75 Å². The van der Waals surface area contributed by atoms with Crippen molar-refractivity contribution in [2.45, 2.75) is 38.1 Å². The quantitative estimate of drug-likeness (QED) is 0.933. The van der Waals surface area contributed by atoms with Crippen LogP contribution in [0.5, 0.6) is 5.75 Å². The van der Waals surface area contributed by atoms with Crippen molar-refractivity contribution < 1.29 is 9.53 Å². The molecule has 3 rings (SSSR count). The summed E-state index contributed by atoms with van der Waals surface area (Å²) in [7, 11) is 1.68. The van der Waals surface area contributed by atoms with Crippen molar-refractivity contribution in [1.29, 1.82) is 0 Å². The minimum Gasteiger partial charge on any atom is -0.497 e. The fraction of sp³-hybridized carbons (Fsp3) is 0.389. The Labute approximate surface area is 125 Å². The highest BCUT2D eigenvalue weighted by Crippen LogP contribution is 2.29. The number of fused-ring (bicyclic) bond motifs is 1. The highest BCUT2D eigenvalue weighted by molar-refractivity contribution is 5.84. The smallest absolute Gasteiger partial charge is 0.220 e. The molecule has 3 heteroatoms. The van der Waals surface area contributed by atoms with Crippen molar-refractivity contribution in [3.8, 4) is 5.75 Å². The molecule has 2 aromatic rings. The predicted octanol–water partition coefficient (Wildman–Crippen LogP) is 3.45. The van der Waals surface area contributed by atoms with Gasteiger partial charge in [0.15, 0.2) is 0 Å². The number of rotatable bonds is 4. The van der Waals surface area contributed by atoms with E-state index >= 15 is 0 Å². The summed E-state index contributed by atoms with van der Waals surface area (Å²) in [5.74, 6) is 1.06. The third kappa shape index (κ3) is 2.73. The van der Waals surface area contributed by atoms with Crippen molar-refractivity contribution in [2.24, 2.45) is 0 Å². The molecule has 0 aromatic heterocycles. The molecule has 1 fully saturated rings. The summed E-state index contributed by atoms with van der Waals surface area (Å²) in [6, 6.07) is 12.6. The van der Waals surface area contributed by atoms with Gasteiger partial charge in [-0.05, 0) is 47.7 Å². The molecule has 1 aliphatic rings. The Bertz CT molecular complexity index is 680. The van der Waals surface area contributed by atoms with Gasteiger partial charge in [0.05, 0.1) is 7.11 Å². The Morgan fingerprint density at radius 3 is 2.62 bits per heavy atom. The molecule has 0 aliphatic carbocycles. The molecule has 1 heterocycles. The Balaban J connectivity index is 1.89. The van der Waals surface area contributed by atoms with Crippen molar-refractivity contribution >= 4 is 16.7 Å². The highest BCUT2D eigenvalue weighted by Gasteiger charge is 2.35. The minimum atomic E-state index is -0.0583. The third-order valence-electron chi connectivity index (χ3n) is 4.57. The van der Waals surface area contributed by atoms with E-state index in [0.717, 1.165) is 25.0 Å². The average Bonchev–Trinajstić information content (AvgIpc) is 2.88. The molecule has 1 aliphatic heterocycles. The Morgan fingerprint density at radius 2 is 1.95 bits per heavy atom. The molecular weight excluding hydrogens is 262 g/mol. The molecular formula is C18H21NO2. The second kappa shape index (κ2) is 5.40. The van der Waals surface area contributed by atoms with Crippen molar-refractivity contribution in [2.75, 3.05) is 7.11 Å². The van der Waals surface area contributed by atoms with Gasteiger partial charge >= 0.3 is 0 Å². The van der Waals surface area contributed by atoms with Crippen LogP contribution in [0.2, 0.25) is 0 Å². The summed E-state index contributed by atoms with van der Waals surface area (Å²) in [4.78, 5) is 11.6. The van der Waals surface area contributed by atoms with Gasteiger partial charge in [-0.1, -0.05) is 31.2 Å². The van der Waals surface area contributed by atoms with Crippen LogP contribution in [0.4, 0.5) is 0 Å². The van der Waals surface area contributed by atoms with Gasteiger partial charge in [-0.3, -0.25) is 4.79 Å². The molecule has 2 aromatic carbocycles. The Morgan fingerprint density at radius 1 is 1.19 bits per heavy atom. The summed E-state index contributed by atoms with van der Waals surface area (Å²) >= 11 is 0. The van der Waals surface area contributed by atoms with Gasteiger partial charge in [-0.15, -0.1) is 0 Å². The zero-order chi connectivity index (χ0) is 14.9. The van der Waals surface area contributed by atoms with Crippen LogP contribution in [0.1, 0.15) is 31.7 Å². The lowest BCUT2D eigenvalue weighted by molar-refractivity contribution is -0.119. The maximum absolute atomic E-state index is 11.6. The van der Waals surface area contributed by atoms with E-state index in [-0.39, 0.29) is 11.4 Å². The van der Waals surface area contributed by atoms with E-state index in [4.69, 9.17) is 4.74 Å². The molecule has 1 atom stereocenters. The van der Waals surface area contributed by atoms with E-state index in [1.807, 2.05) is 12.1 Å². The largest absolute Gasteiger partial charge is 0.497 e. The van der Waals surface area contributed by atoms with E-state index in [1.165, 1.54) is 16.3 Å². The lowest BCUT2D eigenvalue weighted by Gasteiger charge is -2.28. The first-order valence-corrected chi connectivity index (χ1v) is 7.52. The van der Waals surface area contributed by atoms with E-state index in [2.05, 4.69) is 36.5 Å². The van der Waals surface area contributed by atoms with Crippen LogP contribution in [0, 0.1) is 0 Å². The molecule has 21 heavy (non-hydrogen) atoms. The van der Waals surface area contributed by atoms with Gasteiger partial charge in [-0.25, -0.2) is 0 Å². The maximum atomic E-state index is 11.6. The van der Waals surface area contributed by atoms with Crippen molar-refractivity contribution in [3.63, 3.8) is 0 Å². The molecule has 0 radical (unpaired) electrons. The summed E-state index contributed by atoms with van der Waals surface area (Å²) in [5, 5.41) is 5.56. The number of carbonyl (C=O) groups is 1. The molecule has 0 saturated carbocycles. The van der Waals surface area contributed by atoms with Gasteiger partial charge in [0, 0.05) is 12.0 Å². The third-order valence-corrected chi connectivity index (χ3v) is 4.57. The molecule has 3 nitrogen and oxygen atoms in total. The number of hydrogen-bond acceptors (Lipinski definition) is 2. The van der Waals surface area contributed by atoms with Crippen molar-refractivity contribution in [1.82, 2.24) is 5.32 Å². The van der Waals surface area contributed by atoms with Crippen LogP contribution in [0.3, 0.4) is 0 Å². The summed E-state index contributed by atoms with van der Waals surface area (Å²) < 4.78 is 5.26. The monoisotopic (exact) mass is 283 g/mol. The van der Waals surface area contributed by atoms with Crippen LogP contribution in [0.15, 0.2) is 36.4 Å². The van der Waals surface area contributed by atoms with Gasteiger partial charge < -0.3 is 10.1 Å². The second-order valence-corrected chi connectivity index (χ2v) is 5.91. The zero-order valence-corrected chi connectivity index (χ0v) is 12.6. The van der Waals surface area contributed by atoms with E-state index < -0.39 is 0 Å². The van der Waals surface area contributed by atoms with E-state index in [9.17, 15) is 4.79 Å². The fourth-order valence-corrected chi connectivity index (χ4v) is 3.20. The fourth-order valence-electron chi connectivity index (χ4n) is 3.20. The SMILES string of the molecule is CCC1(Cc2ccc3cc(OC)ccc3c2)CCC(=O)N1. The van der Waals surface area contributed by atoms with Crippen LogP contribution in [-0.2, 0) is 11.2 Å². The lowest BCUT2D eigenvalue weighted by atomic mass is 9.86. The van der Waals surface area contributed by atoms with E-state index in [0.29, 0.717) is 6.42 Å². The number of methoxy groups -OCH3 is 1. The Hall–Kier alpha value is -2.03.